The highest BCUT2D eigenvalue weighted by molar-refractivity contribution is 7.80. The SMILES string of the molecule is CC(=O)N1CCN(c2c(F)cc(N3C[C@H](CNC(=S)C(C)C)OC3=O)cc2F)CC1. The monoisotopic (exact) mass is 440 g/mol. The van der Waals surface area contributed by atoms with Crippen LogP contribution in [0.25, 0.3) is 0 Å². The van der Waals surface area contributed by atoms with Crippen LogP contribution >= 0.6 is 12.2 Å². The first-order valence-electron chi connectivity index (χ1n) is 9.92. The van der Waals surface area contributed by atoms with E-state index in [1.807, 2.05) is 13.8 Å². The first-order chi connectivity index (χ1) is 14.2. The van der Waals surface area contributed by atoms with Gasteiger partial charge in [0.05, 0.1) is 23.8 Å². The molecule has 1 N–H and O–H groups in total. The van der Waals surface area contributed by atoms with E-state index in [2.05, 4.69) is 5.32 Å². The number of rotatable bonds is 5. The van der Waals surface area contributed by atoms with Gasteiger partial charge in [0.15, 0.2) is 11.6 Å². The van der Waals surface area contributed by atoms with Crippen LogP contribution in [-0.4, -0.2) is 67.3 Å². The van der Waals surface area contributed by atoms with Gasteiger partial charge >= 0.3 is 6.09 Å². The summed E-state index contributed by atoms with van der Waals surface area (Å²) in [6, 6.07) is 2.29. The molecule has 30 heavy (non-hydrogen) atoms. The van der Waals surface area contributed by atoms with Crippen LogP contribution in [0, 0.1) is 17.6 Å². The Hall–Kier alpha value is -2.49. The van der Waals surface area contributed by atoms with Gasteiger partial charge in [-0.1, -0.05) is 26.1 Å². The number of piperazine rings is 1. The molecule has 2 aliphatic rings. The zero-order valence-electron chi connectivity index (χ0n) is 17.3. The first kappa shape index (κ1) is 22.2. The molecule has 0 aliphatic carbocycles. The van der Waals surface area contributed by atoms with Gasteiger partial charge < -0.3 is 19.9 Å². The van der Waals surface area contributed by atoms with Gasteiger partial charge in [0.25, 0.3) is 0 Å². The number of nitrogens with zero attached hydrogens (tertiary/aromatic N) is 3. The molecule has 164 valence electrons. The fourth-order valence-corrected chi connectivity index (χ4v) is 3.60. The minimum atomic E-state index is -0.753. The lowest BCUT2D eigenvalue weighted by molar-refractivity contribution is -0.129. The molecule has 0 unspecified atom stereocenters. The second-order valence-corrected chi connectivity index (χ2v) is 8.21. The third-order valence-corrected chi connectivity index (χ3v) is 5.87. The van der Waals surface area contributed by atoms with Crippen molar-refractivity contribution < 1.29 is 23.1 Å². The molecule has 2 saturated heterocycles. The third kappa shape index (κ3) is 4.80. The number of cyclic esters (lactones) is 1. The summed E-state index contributed by atoms with van der Waals surface area (Å²) < 4.78 is 34.9. The summed E-state index contributed by atoms with van der Waals surface area (Å²) >= 11 is 5.21. The highest BCUT2D eigenvalue weighted by atomic mass is 32.1. The van der Waals surface area contributed by atoms with Gasteiger partial charge in [0.2, 0.25) is 5.91 Å². The van der Waals surface area contributed by atoms with Crippen molar-refractivity contribution in [2.45, 2.75) is 26.9 Å². The Labute approximate surface area is 179 Å². The maximum absolute atomic E-state index is 14.8. The van der Waals surface area contributed by atoms with Crippen LogP contribution in [0.15, 0.2) is 12.1 Å². The number of hydrogen-bond acceptors (Lipinski definition) is 5. The minimum absolute atomic E-state index is 0.0586. The average Bonchev–Trinajstić information content (AvgIpc) is 3.06. The first-order valence-corrected chi connectivity index (χ1v) is 10.3. The number of thiocarbonyl (C=S) groups is 1. The molecule has 0 spiro atoms. The Morgan fingerprint density at radius 3 is 2.37 bits per heavy atom. The van der Waals surface area contributed by atoms with Crippen LogP contribution < -0.4 is 15.1 Å². The molecule has 2 amide bonds. The molecular weight excluding hydrogens is 414 g/mol. The number of benzene rings is 1. The van der Waals surface area contributed by atoms with Gasteiger partial charge in [-0.3, -0.25) is 9.69 Å². The lowest BCUT2D eigenvalue weighted by Crippen LogP contribution is -2.48. The summed E-state index contributed by atoms with van der Waals surface area (Å²) in [4.78, 5) is 28.8. The largest absolute Gasteiger partial charge is 0.442 e. The number of ether oxygens (including phenoxy) is 1. The van der Waals surface area contributed by atoms with E-state index in [1.165, 1.54) is 11.8 Å². The Kier molecular flexibility index (Phi) is 6.74. The zero-order chi connectivity index (χ0) is 22.0. The lowest BCUT2D eigenvalue weighted by atomic mass is 10.2. The summed E-state index contributed by atoms with van der Waals surface area (Å²) in [5.41, 5.74) is -0.0370. The smallest absolute Gasteiger partial charge is 0.414 e. The van der Waals surface area contributed by atoms with Crippen molar-refractivity contribution in [1.82, 2.24) is 10.2 Å². The molecule has 2 heterocycles. The number of hydrogen-bond donors (Lipinski definition) is 1. The van der Waals surface area contributed by atoms with Gasteiger partial charge in [-0.05, 0) is 0 Å². The topological polar surface area (TPSA) is 65.1 Å². The van der Waals surface area contributed by atoms with Gasteiger partial charge in [-0.15, -0.1) is 0 Å². The molecule has 2 aliphatic heterocycles. The van der Waals surface area contributed by atoms with Crippen molar-refractivity contribution in [2.24, 2.45) is 5.92 Å². The van der Waals surface area contributed by atoms with E-state index in [0.717, 1.165) is 12.1 Å². The second-order valence-electron chi connectivity index (χ2n) is 7.77. The maximum atomic E-state index is 14.8. The van der Waals surface area contributed by atoms with Crippen molar-refractivity contribution in [3.8, 4) is 0 Å². The molecule has 10 heteroatoms. The standard InChI is InChI=1S/C20H26F2N4O3S/c1-12(2)19(30)23-10-15-11-26(20(28)29-15)14-8-16(21)18(17(22)9-14)25-6-4-24(5-7-25)13(3)27/h8-9,12,15H,4-7,10-11H2,1-3H3,(H,23,30)/t15-/m0/s1. The summed E-state index contributed by atoms with van der Waals surface area (Å²) in [5, 5.41) is 3.05. The molecule has 0 radical (unpaired) electrons. The quantitative estimate of drug-likeness (QED) is 0.710. The number of halogens is 2. The van der Waals surface area contributed by atoms with Crippen molar-refractivity contribution in [3.63, 3.8) is 0 Å². The summed E-state index contributed by atoms with van der Waals surface area (Å²) in [5.74, 6) is -1.40. The van der Waals surface area contributed by atoms with E-state index < -0.39 is 23.8 Å². The number of carbonyl (C=O) groups is 2. The zero-order valence-corrected chi connectivity index (χ0v) is 18.1. The van der Waals surface area contributed by atoms with E-state index in [9.17, 15) is 18.4 Å². The van der Waals surface area contributed by atoms with Crippen LogP contribution in [0.1, 0.15) is 20.8 Å². The van der Waals surface area contributed by atoms with Crippen molar-refractivity contribution in [2.75, 3.05) is 49.1 Å². The van der Waals surface area contributed by atoms with Crippen LogP contribution in [0.2, 0.25) is 0 Å². The summed E-state index contributed by atoms with van der Waals surface area (Å²) in [7, 11) is 0. The predicted molar refractivity (Wildman–Crippen MR) is 114 cm³/mol. The molecule has 2 fully saturated rings. The van der Waals surface area contributed by atoms with Gasteiger partial charge in [0.1, 0.15) is 11.8 Å². The number of amides is 2. The van der Waals surface area contributed by atoms with Crippen molar-refractivity contribution >= 4 is 40.6 Å². The van der Waals surface area contributed by atoms with Crippen molar-refractivity contribution in [3.05, 3.63) is 23.8 Å². The van der Waals surface area contributed by atoms with Crippen molar-refractivity contribution in [1.29, 1.82) is 0 Å². The number of carbonyl (C=O) groups excluding carboxylic acids is 2. The summed E-state index contributed by atoms with van der Waals surface area (Å²) in [6.07, 6.45) is -1.13. The van der Waals surface area contributed by atoms with E-state index in [-0.39, 0.29) is 29.7 Å². The normalized spacial score (nSPS) is 19.3. The van der Waals surface area contributed by atoms with E-state index in [1.54, 1.807) is 9.80 Å². The Morgan fingerprint density at radius 2 is 1.83 bits per heavy atom. The van der Waals surface area contributed by atoms with Crippen LogP contribution in [0.5, 0.6) is 0 Å². The Bertz CT molecular complexity index is 820. The van der Waals surface area contributed by atoms with Crippen LogP contribution in [0.3, 0.4) is 0 Å². The maximum Gasteiger partial charge on any atom is 0.414 e. The average molecular weight is 441 g/mol. The fourth-order valence-electron chi connectivity index (χ4n) is 3.51. The molecule has 1 aromatic carbocycles. The van der Waals surface area contributed by atoms with Crippen LogP contribution in [0.4, 0.5) is 25.0 Å². The fraction of sp³-hybridized carbons (Fsp3) is 0.550. The molecule has 0 bridgehead atoms. The molecule has 1 atom stereocenters. The third-order valence-electron chi connectivity index (χ3n) is 5.26. The minimum Gasteiger partial charge on any atom is -0.442 e. The number of anilines is 2. The van der Waals surface area contributed by atoms with Gasteiger partial charge in [-0.2, -0.15) is 0 Å². The van der Waals surface area contributed by atoms with E-state index >= 15 is 0 Å². The highest BCUT2D eigenvalue weighted by Gasteiger charge is 2.34. The number of nitrogens with one attached hydrogen (secondary N) is 1. The molecule has 1 aromatic rings. The van der Waals surface area contributed by atoms with Gasteiger partial charge in [0, 0.05) is 51.2 Å². The predicted octanol–water partition coefficient (Wildman–Crippen LogP) is 2.53. The second kappa shape index (κ2) is 9.11. The van der Waals surface area contributed by atoms with Gasteiger partial charge in [-0.25, -0.2) is 13.6 Å². The summed E-state index contributed by atoms with van der Waals surface area (Å²) in [6.45, 7) is 7.36. The molecule has 3 rings (SSSR count). The lowest BCUT2D eigenvalue weighted by Gasteiger charge is -2.36. The van der Waals surface area contributed by atoms with E-state index in [4.69, 9.17) is 17.0 Å². The molecule has 7 nitrogen and oxygen atoms in total. The molecular formula is C20H26F2N4O3S. The molecule has 0 saturated carbocycles. The highest BCUT2D eigenvalue weighted by Crippen LogP contribution is 2.31. The van der Waals surface area contributed by atoms with E-state index in [0.29, 0.717) is 37.7 Å². The Balaban J connectivity index is 1.68. The molecule has 0 aromatic heterocycles. The Morgan fingerprint density at radius 1 is 1.23 bits per heavy atom. The van der Waals surface area contributed by atoms with Crippen LogP contribution in [-0.2, 0) is 9.53 Å².